The number of nitro groups is 1. The van der Waals surface area contributed by atoms with Crippen LogP contribution >= 0.6 is 0 Å². The minimum atomic E-state index is -0.464. The van der Waals surface area contributed by atoms with Gasteiger partial charge in [0.05, 0.1) is 16.7 Å². The van der Waals surface area contributed by atoms with Crippen LogP contribution in [0.2, 0.25) is 0 Å². The third-order valence-corrected chi connectivity index (χ3v) is 2.52. The molecule has 0 aliphatic carbocycles. The van der Waals surface area contributed by atoms with Gasteiger partial charge in [0.1, 0.15) is 0 Å². The molecule has 0 amide bonds. The van der Waals surface area contributed by atoms with Crippen LogP contribution in [-0.4, -0.2) is 20.5 Å². The third kappa shape index (κ3) is 3.12. The Labute approximate surface area is 109 Å². The number of ketones is 1. The zero-order chi connectivity index (χ0) is 13.8. The molecule has 0 radical (unpaired) electrons. The topological polar surface area (TPSA) is 78.0 Å². The van der Waals surface area contributed by atoms with Crippen LogP contribution < -0.4 is 0 Å². The van der Waals surface area contributed by atoms with Crippen LogP contribution in [0.25, 0.3) is 6.08 Å². The molecule has 0 saturated heterocycles. The first-order valence-electron chi connectivity index (χ1n) is 5.52. The summed E-state index contributed by atoms with van der Waals surface area (Å²) in [7, 11) is 1.73. The first kappa shape index (κ1) is 12.7. The van der Waals surface area contributed by atoms with E-state index in [1.54, 1.807) is 36.1 Å². The van der Waals surface area contributed by atoms with Crippen molar-refractivity contribution in [2.24, 2.45) is 7.05 Å². The highest BCUT2D eigenvalue weighted by molar-refractivity contribution is 6.06. The second-order valence-corrected chi connectivity index (χ2v) is 3.95. The smallest absolute Gasteiger partial charge is 0.269 e. The zero-order valence-electron chi connectivity index (χ0n) is 10.2. The maximum atomic E-state index is 11.8. The number of aryl methyl sites for hydroxylation is 1. The number of allylic oxidation sites excluding steroid dienone is 1. The minimum Gasteiger partial charge on any atom is -0.289 e. The van der Waals surface area contributed by atoms with Crippen molar-refractivity contribution in [1.29, 1.82) is 0 Å². The molecular weight excluding hydrogens is 246 g/mol. The zero-order valence-corrected chi connectivity index (χ0v) is 10.2. The molecule has 6 nitrogen and oxygen atoms in total. The van der Waals surface area contributed by atoms with E-state index >= 15 is 0 Å². The molecular formula is C13H11N3O3. The normalized spacial score (nSPS) is 10.8. The summed E-state index contributed by atoms with van der Waals surface area (Å²) < 4.78 is 1.55. The van der Waals surface area contributed by atoms with Gasteiger partial charge in [-0.15, -0.1) is 0 Å². The monoisotopic (exact) mass is 257 g/mol. The molecule has 0 spiro atoms. The van der Waals surface area contributed by atoms with Crippen molar-refractivity contribution in [2.75, 3.05) is 0 Å². The number of benzene rings is 1. The van der Waals surface area contributed by atoms with Crippen LogP contribution in [0, 0.1) is 10.1 Å². The molecule has 2 aromatic rings. The molecule has 0 atom stereocenters. The van der Waals surface area contributed by atoms with Gasteiger partial charge in [-0.25, -0.2) is 0 Å². The van der Waals surface area contributed by atoms with E-state index in [2.05, 4.69) is 5.10 Å². The van der Waals surface area contributed by atoms with E-state index in [0.717, 1.165) is 5.56 Å². The molecule has 6 heteroatoms. The van der Waals surface area contributed by atoms with E-state index in [9.17, 15) is 14.9 Å². The quantitative estimate of drug-likeness (QED) is 0.364. The molecule has 0 aliphatic rings. The Morgan fingerprint density at radius 2 is 2.05 bits per heavy atom. The highest BCUT2D eigenvalue weighted by Crippen LogP contribution is 2.13. The van der Waals surface area contributed by atoms with E-state index in [1.807, 2.05) is 0 Å². The standard InChI is InChI=1S/C13H11N3O3/c1-15-9-11(8-14-15)13(17)7-4-10-2-5-12(6-3-10)16(18)19/h2-9H,1H3/b7-4+. The number of rotatable bonds is 4. The summed E-state index contributed by atoms with van der Waals surface area (Å²) in [5.41, 5.74) is 1.25. The van der Waals surface area contributed by atoms with Crippen LogP contribution in [0.15, 0.2) is 42.7 Å². The maximum Gasteiger partial charge on any atom is 0.269 e. The molecule has 0 N–H and O–H groups in total. The van der Waals surface area contributed by atoms with Crippen molar-refractivity contribution in [3.8, 4) is 0 Å². The molecule has 1 aromatic heterocycles. The van der Waals surface area contributed by atoms with Gasteiger partial charge in [0, 0.05) is 25.4 Å². The van der Waals surface area contributed by atoms with Crippen LogP contribution in [-0.2, 0) is 7.05 Å². The first-order valence-corrected chi connectivity index (χ1v) is 5.52. The van der Waals surface area contributed by atoms with Crippen molar-refractivity contribution in [3.05, 3.63) is 64.0 Å². The highest BCUT2D eigenvalue weighted by atomic mass is 16.6. The molecule has 0 bridgehead atoms. The number of hydrogen-bond donors (Lipinski definition) is 0. The fourth-order valence-electron chi connectivity index (χ4n) is 1.52. The molecule has 19 heavy (non-hydrogen) atoms. The number of carbonyl (C=O) groups excluding carboxylic acids is 1. The fourth-order valence-corrected chi connectivity index (χ4v) is 1.52. The van der Waals surface area contributed by atoms with Gasteiger partial charge >= 0.3 is 0 Å². The van der Waals surface area contributed by atoms with Gasteiger partial charge in [0.15, 0.2) is 5.78 Å². The molecule has 96 valence electrons. The van der Waals surface area contributed by atoms with Crippen LogP contribution in [0.5, 0.6) is 0 Å². The lowest BCUT2D eigenvalue weighted by Gasteiger charge is -1.93. The summed E-state index contributed by atoms with van der Waals surface area (Å²) in [6.45, 7) is 0. The third-order valence-electron chi connectivity index (χ3n) is 2.52. The summed E-state index contributed by atoms with van der Waals surface area (Å²) in [6.07, 6.45) is 6.14. The van der Waals surface area contributed by atoms with Gasteiger partial charge in [-0.1, -0.05) is 6.08 Å². The van der Waals surface area contributed by atoms with E-state index in [-0.39, 0.29) is 11.5 Å². The number of non-ortho nitro benzene ring substituents is 1. The average molecular weight is 257 g/mol. The van der Waals surface area contributed by atoms with Crippen LogP contribution in [0.3, 0.4) is 0 Å². The van der Waals surface area contributed by atoms with Crippen molar-refractivity contribution >= 4 is 17.5 Å². The van der Waals surface area contributed by atoms with Gasteiger partial charge in [-0.2, -0.15) is 5.10 Å². The second kappa shape index (κ2) is 5.26. The number of nitrogens with zero attached hydrogens (tertiary/aromatic N) is 3. The number of carbonyl (C=O) groups is 1. The Bertz CT molecular complexity index is 641. The fraction of sp³-hybridized carbons (Fsp3) is 0.0769. The Morgan fingerprint density at radius 3 is 2.58 bits per heavy atom. The summed E-state index contributed by atoms with van der Waals surface area (Å²) >= 11 is 0. The molecule has 0 fully saturated rings. The van der Waals surface area contributed by atoms with Crippen molar-refractivity contribution in [3.63, 3.8) is 0 Å². The second-order valence-electron chi connectivity index (χ2n) is 3.95. The average Bonchev–Trinajstić information content (AvgIpc) is 2.83. The predicted octanol–water partition coefficient (Wildman–Crippen LogP) is 2.22. The summed E-state index contributed by atoms with van der Waals surface area (Å²) in [4.78, 5) is 21.8. The van der Waals surface area contributed by atoms with Gasteiger partial charge in [0.2, 0.25) is 0 Å². The largest absolute Gasteiger partial charge is 0.289 e. The van der Waals surface area contributed by atoms with E-state index in [0.29, 0.717) is 5.56 Å². The Morgan fingerprint density at radius 1 is 1.37 bits per heavy atom. The molecule has 0 unspecified atom stereocenters. The Hall–Kier alpha value is -2.76. The van der Waals surface area contributed by atoms with Crippen LogP contribution in [0.1, 0.15) is 15.9 Å². The van der Waals surface area contributed by atoms with E-state index in [1.165, 1.54) is 24.4 Å². The van der Waals surface area contributed by atoms with Crippen molar-refractivity contribution in [1.82, 2.24) is 9.78 Å². The van der Waals surface area contributed by atoms with Gasteiger partial charge < -0.3 is 0 Å². The van der Waals surface area contributed by atoms with E-state index in [4.69, 9.17) is 0 Å². The highest BCUT2D eigenvalue weighted by Gasteiger charge is 2.05. The lowest BCUT2D eigenvalue weighted by Crippen LogP contribution is -1.92. The summed E-state index contributed by atoms with van der Waals surface area (Å²) in [6, 6.07) is 5.97. The molecule has 0 aliphatic heterocycles. The minimum absolute atomic E-state index is 0.0238. The Kier molecular flexibility index (Phi) is 3.51. The van der Waals surface area contributed by atoms with Crippen molar-refractivity contribution < 1.29 is 9.72 Å². The van der Waals surface area contributed by atoms with Crippen molar-refractivity contribution in [2.45, 2.75) is 0 Å². The first-order chi connectivity index (χ1) is 9.06. The molecule has 1 heterocycles. The molecule has 0 saturated carbocycles. The maximum absolute atomic E-state index is 11.8. The van der Waals surface area contributed by atoms with Gasteiger partial charge in [0.25, 0.3) is 5.69 Å². The number of hydrogen-bond acceptors (Lipinski definition) is 4. The molecule has 1 aromatic carbocycles. The molecule has 2 rings (SSSR count). The lowest BCUT2D eigenvalue weighted by atomic mass is 10.1. The lowest BCUT2D eigenvalue weighted by molar-refractivity contribution is -0.384. The Balaban J connectivity index is 2.10. The number of nitro benzene ring substituents is 1. The van der Waals surface area contributed by atoms with Crippen LogP contribution in [0.4, 0.5) is 5.69 Å². The van der Waals surface area contributed by atoms with Gasteiger partial charge in [-0.05, 0) is 23.8 Å². The summed E-state index contributed by atoms with van der Waals surface area (Å²) in [5, 5.41) is 14.4. The van der Waals surface area contributed by atoms with Gasteiger partial charge in [-0.3, -0.25) is 19.6 Å². The number of aromatic nitrogens is 2. The van der Waals surface area contributed by atoms with E-state index < -0.39 is 4.92 Å². The predicted molar refractivity (Wildman–Crippen MR) is 69.7 cm³/mol. The SMILES string of the molecule is Cn1cc(C(=O)/C=C/c2ccc([N+](=O)[O-])cc2)cn1. The summed E-state index contributed by atoms with van der Waals surface area (Å²) in [5.74, 6) is -0.161.